The van der Waals surface area contributed by atoms with Crippen molar-refractivity contribution in [1.82, 2.24) is 10.0 Å². The van der Waals surface area contributed by atoms with Gasteiger partial charge in [0.1, 0.15) is 5.76 Å². The molecule has 0 bridgehead atoms. The molecule has 0 radical (unpaired) electrons. The summed E-state index contributed by atoms with van der Waals surface area (Å²) in [7, 11) is -3.76. The van der Waals surface area contributed by atoms with Crippen LogP contribution in [0.1, 0.15) is 40.9 Å². The Morgan fingerprint density at radius 2 is 1.94 bits per heavy atom. The molecule has 0 aliphatic carbocycles. The van der Waals surface area contributed by atoms with E-state index in [1.165, 1.54) is 23.5 Å². The predicted octanol–water partition coefficient (Wildman–Crippen LogP) is 4.86. The first kappa shape index (κ1) is 23.0. The monoisotopic (exact) mass is 484 g/mol. The molecule has 1 atom stereocenters. The van der Waals surface area contributed by atoms with Gasteiger partial charge in [0.25, 0.3) is 5.91 Å². The van der Waals surface area contributed by atoms with Crippen LogP contribution in [0.15, 0.2) is 75.4 Å². The first-order valence-electron chi connectivity index (χ1n) is 10.5. The van der Waals surface area contributed by atoms with Crippen LogP contribution in [0.3, 0.4) is 0 Å². The molecule has 2 N–H and O–H groups in total. The molecule has 0 saturated heterocycles. The lowest BCUT2D eigenvalue weighted by molar-refractivity contribution is 0.0935. The smallest absolute Gasteiger partial charge is 0.251 e. The van der Waals surface area contributed by atoms with Crippen LogP contribution in [0.5, 0.6) is 5.75 Å². The number of fused-ring (bicyclic) bond motifs is 1. The van der Waals surface area contributed by atoms with Crippen LogP contribution in [-0.2, 0) is 16.6 Å². The van der Waals surface area contributed by atoms with Gasteiger partial charge >= 0.3 is 0 Å². The van der Waals surface area contributed by atoms with Gasteiger partial charge in [0.15, 0.2) is 11.3 Å². The highest BCUT2D eigenvalue weighted by molar-refractivity contribution is 7.89. The number of amides is 1. The van der Waals surface area contributed by atoms with E-state index >= 15 is 0 Å². The van der Waals surface area contributed by atoms with Crippen LogP contribution in [0.25, 0.3) is 11.0 Å². The highest BCUT2D eigenvalue weighted by atomic mass is 32.2. The van der Waals surface area contributed by atoms with Gasteiger partial charge in [-0.05, 0) is 55.6 Å². The molecule has 1 unspecified atom stereocenters. The zero-order valence-corrected chi connectivity index (χ0v) is 19.8. The molecule has 4 aromatic rings. The third-order valence-corrected chi connectivity index (χ3v) is 7.30. The van der Waals surface area contributed by atoms with E-state index in [0.29, 0.717) is 23.7 Å². The number of carbonyl (C=O) groups excluding carboxylic acids is 1. The van der Waals surface area contributed by atoms with Crippen molar-refractivity contribution in [3.8, 4) is 5.75 Å². The van der Waals surface area contributed by atoms with Crippen LogP contribution in [0.4, 0.5) is 0 Å². The van der Waals surface area contributed by atoms with Crippen molar-refractivity contribution in [3.05, 3.63) is 82.2 Å². The van der Waals surface area contributed by atoms with E-state index in [9.17, 15) is 13.2 Å². The number of thiophene rings is 1. The number of furan rings is 1. The fraction of sp³-hybridized carbons (Fsp3) is 0.208. The number of sulfonamides is 1. The van der Waals surface area contributed by atoms with Gasteiger partial charge in [0.05, 0.1) is 17.5 Å². The van der Waals surface area contributed by atoms with E-state index in [2.05, 4.69) is 10.0 Å². The van der Waals surface area contributed by atoms with Crippen LogP contribution in [0.2, 0.25) is 0 Å². The molecular formula is C24H24N2O5S2. The molecule has 0 aliphatic heterocycles. The Balaban J connectivity index is 1.48. The molecule has 0 aliphatic rings. The average Bonchev–Trinajstić information content (AvgIpc) is 3.48. The minimum Gasteiger partial charge on any atom is -0.490 e. The average molecular weight is 485 g/mol. The van der Waals surface area contributed by atoms with Gasteiger partial charge in [-0.3, -0.25) is 4.79 Å². The first-order chi connectivity index (χ1) is 15.9. The Morgan fingerprint density at radius 1 is 1.12 bits per heavy atom. The third-order valence-electron chi connectivity index (χ3n) is 5.02. The normalized spacial score (nSPS) is 12.5. The third kappa shape index (κ3) is 5.27. The van der Waals surface area contributed by atoms with E-state index in [-0.39, 0.29) is 17.0 Å². The zero-order chi connectivity index (χ0) is 23.4. The van der Waals surface area contributed by atoms with E-state index in [1.54, 1.807) is 19.1 Å². The molecule has 33 heavy (non-hydrogen) atoms. The van der Waals surface area contributed by atoms with E-state index < -0.39 is 22.0 Å². The number of hydrogen-bond donors (Lipinski definition) is 2. The van der Waals surface area contributed by atoms with Gasteiger partial charge in [0, 0.05) is 22.4 Å². The number of benzene rings is 2. The van der Waals surface area contributed by atoms with Crippen molar-refractivity contribution in [1.29, 1.82) is 0 Å². The molecule has 172 valence electrons. The summed E-state index contributed by atoms with van der Waals surface area (Å²) in [6.45, 7) is 4.42. The van der Waals surface area contributed by atoms with Crippen molar-refractivity contribution in [2.45, 2.75) is 31.3 Å². The fourth-order valence-corrected chi connectivity index (χ4v) is 5.15. The second-order valence-electron chi connectivity index (χ2n) is 7.38. The van der Waals surface area contributed by atoms with Crippen LogP contribution >= 0.6 is 11.3 Å². The van der Waals surface area contributed by atoms with Crippen molar-refractivity contribution in [2.24, 2.45) is 0 Å². The topological polar surface area (TPSA) is 97.6 Å². The maximum Gasteiger partial charge on any atom is 0.251 e. The maximum atomic E-state index is 12.8. The van der Waals surface area contributed by atoms with Gasteiger partial charge in [0.2, 0.25) is 10.0 Å². The second kappa shape index (κ2) is 9.78. The van der Waals surface area contributed by atoms with Crippen LogP contribution in [0, 0.1) is 0 Å². The summed E-state index contributed by atoms with van der Waals surface area (Å²) in [4.78, 5) is 13.8. The van der Waals surface area contributed by atoms with E-state index in [4.69, 9.17) is 9.15 Å². The number of rotatable bonds is 9. The summed E-state index contributed by atoms with van der Waals surface area (Å²) in [5.74, 6) is 0.822. The van der Waals surface area contributed by atoms with Gasteiger partial charge < -0.3 is 14.5 Å². The summed E-state index contributed by atoms with van der Waals surface area (Å²) in [5, 5.41) is 5.63. The first-order valence-corrected chi connectivity index (χ1v) is 12.8. The van der Waals surface area contributed by atoms with Crippen molar-refractivity contribution >= 4 is 38.2 Å². The standard InChI is InChI=1S/C24H24N2O5S2/c1-3-30-21-11-5-7-17-14-22(31-23(17)21)16(2)26-24(27)18-8-4-10-20(13-18)33(28,29)25-15-19-9-6-12-32-19/h4-14,16,25H,3,15H2,1-2H3,(H,26,27). The Hall–Kier alpha value is -3.14. The quantitative estimate of drug-likeness (QED) is 0.354. The molecule has 1 amide bonds. The van der Waals surface area contributed by atoms with E-state index in [0.717, 1.165) is 10.3 Å². The minimum atomic E-state index is -3.76. The molecule has 2 aromatic carbocycles. The summed E-state index contributed by atoms with van der Waals surface area (Å²) in [5.41, 5.74) is 0.868. The summed E-state index contributed by atoms with van der Waals surface area (Å²) in [6, 6.07) is 16.7. The molecule has 2 heterocycles. The Kier molecular flexibility index (Phi) is 6.83. The fourth-order valence-electron chi connectivity index (χ4n) is 3.36. The number of hydrogen-bond acceptors (Lipinski definition) is 6. The molecule has 9 heteroatoms. The van der Waals surface area contributed by atoms with Gasteiger partial charge in [-0.15, -0.1) is 11.3 Å². The number of carbonyl (C=O) groups is 1. The molecule has 0 fully saturated rings. The Morgan fingerprint density at radius 3 is 2.70 bits per heavy atom. The van der Waals surface area contributed by atoms with Crippen molar-refractivity contribution < 1.29 is 22.4 Å². The van der Waals surface area contributed by atoms with Crippen LogP contribution in [-0.4, -0.2) is 20.9 Å². The molecule has 0 saturated carbocycles. The van der Waals surface area contributed by atoms with E-state index in [1.807, 2.05) is 48.7 Å². The largest absolute Gasteiger partial charge is 0.490 e. The summed E-state index contributed by atoms with van der Waals surface area (Å²) >= 11 is 1.47. The lowest BCUT2D eigenvalue weighted by Crippen LogP contribution is -2.27. The Labute approximate surface area is 196 Å². The zero-order valence-electron chi connectivity index (χ0n) is 18.2. The Bertz CT molecular complexity index is 1360. The maximum absolute atomic E-state index is 12.8. The second-order valence-corrected chi connectivity index (χ2v) is 10.2. The highest BCUT2D eigenvalue weighted by Gasteiger charge is 2.20. The molecule has 4 rings (SSSR count). The lowest BCUT2D eigenvalue weighted by Gasteiger charge is -2.12. The predicted molar refractivity (Wildman–Crippen MR) is 128 cm³/mol. The minimum absolute atomic E-state index is 0.0319. The van der Waals surface area contributed by atoms with Gasteiger partial charge in [-0.25, -0.2) is 13.1 Å². The molecule has 7 nitrogen and oxygen atoms in total. The SMILES string of the molecule is CCOc1cccc2cc(C(C)NC(=O)c3cccc(S(=O)(=O)NCc4cccs4)c3)oc12. The molecule has 0 spiro atoms. The van der Waals surface area contributed by atoms with Crippen LogP contribution < -0.4 is 14.8 Å². The summed E-state index contributed by atoms with van der Waals surface area (Å²) < 4.78 is 39.5. The highest BCUT2D eigenvalue weighted by Crippen LogP contribution is 2.31. The van der Waals surface area contributed by atoms with Gasteiger partial charge in [-0.2, -0.15) is 0 Å². The number of nitrogens with one attached hydrogen (secondary N) is 2. The molecule has 2 aromatic heterocycles. The number of para-hydroxylation sites is 1. The number of ether oxygens (including phenoxy) is 1. The van der Waals surface area contributed by atoms with Gasteiger partial charge in [-0.1, -0.05) is 24.3 Å². The van der Waals surface area contributed by atoms with Crippen molar-refractivity contribution in [3.63, 3.8) is 0 Å². The summed E-state index contributed by atoms with van der Waals surface area (Å²) in [6.07, 6.45) is 0. The molecular weight excluding hydrogens is 460 g/mol. The van der Waals surface area contributed by atoms with Crippen molar-refractivity contribution in [2.75, 3.05) is 6.61 Å². The lowest BCUT2D eigenvalue weighted by atomic mass is 10.1.